The maximum atomic E-state index is 13.1. The number of nitrogens with two attached hydrogens (primary N) is 1. The van der Waals surface area contributed by atoms with E-state index in [2.05, 4.69) is 29.4 Å². The van der Waals surface area contributed by atoms with Gasteiger partial charge in [-0.05, 0) is 42.4 Å². The summed E-state index contributed by atoms with van der Waals surface area (Å²) in [6.45, 7) is 2.05. The Morgan fingerprint density at radius 3 is 2.41 bits per heavy atom. The summed E-state index contributed by atoms with van der Waals surface area (Å²) in [7, 11) is 0. The number of benzene rings is 2. The van der Waals surface area contributed by atoms with Crippen LogP contribution < -0.4 is 5.73 Å². The highest BCUT2D eigenvalue weighted by Crippen LogP contribution is 2.32. The Balaban J connectivity index is 1.92. The zero-order valence-corrected chi connectivity index (χ0v) is 13.0. The van der Waals surface area contributed by atoms with Gasteiger partial charge in [0.1, 0.15) is 5.82 Å². The van der Waals surface area contributed by atoms with Gasteiger partial charge >= 0.3 is 0 Å². The molecule has 0 fully saturated rings. The molecule has 5 heteroatoms. The van der Waals surface area contributed by atoms with Crippen molar-refractivity contribution in [1.82, 2.24) is 5.01 Å². The zero-order valence-electron chi connectivity index (χ0n) is 12.2. The summed E-state index contributed by atoms with van der Waals surface area (Å²) in [5.41, 5.74) is 9.86. The molecular formula is C17H16FN3S. The molecule has 0 unspecified atom stereocenters. The molecule has 2 N–H and O–H groups in total. The summed E-state index contributed by atoms with van der Waals surface area (Å²) in [4.78, 5) is 0. The van der Waals surface area contributed by atoms with Crippen molar-refractivity contribution < 1.29 is 4.39 Å². The first-order chi connectivity index (χ1) is 10.5. The van der Waals surface area contributed by atoms with Crippen molar-refractivity contribution in [3.8, 4) is 0 Å². The van der Waals surface area contributed by atoms with Crippen molar-refractivity contribution >= 4 is 23.0 Å². The number of halogens is 1. The van der Waals surface area contributed by atoms with E-state index < -0.39 is 0 Å². The summed E-state index contributed by atoms with van der Waals surface area (Å²) in [5.74, 6) is -0.261. The Kier molecular flexibility index (Phi) is 3.90. The van der Waals surface area contributed by atoms with Gasteiger partial charge in [-0.1, -0.05) is 42.0 Å². The van der Waals surface area contributed by atoms with Crippen LogP contribution >= 0.6 is 12.2 Å². The van der Waals surface area contributed by atoms with Gasteiger partial charge in [0, 0.05) is 6.42 Å². The lowest BCUT2D eigenvalue weighted by atomic mass is 9.98. The lowest BCUT2D eigenvalue weighted by molar-refractivity contribution is 0.372. The van der Waals surface area contributed by atoms with Gasteiger partial charge in [0.2, 0.25) is 0 Å². The minimum atomic E-state index is -0.261. The van der Waals surface area contributed by atoms with Gasteiger partial charge in [0.25, 0.3) is 0 Å². The first-order valence-electron chi connectivity index (χ1n) is 7.03. The van der Waals surface area contributed by atoms with Crippen LogP contribution in [0.2, 0.25) is 0 Å². The third-order valence-corrected chi connectivity index (χ3v) is 3.96. The number of hydrazone groups is 1. The van der Waals surface area contributed by atoms with E-state index in [1.54, 1.807) is 17.1 Å². The molecule has 1 heterocycles. The van der Waals surface area contributed by atoms with Crippen LogP contribution in [-0.2, 0) is 0 Å². The van der Waals surface area contributed by atoms with Crippen LogP contribution in [0.1, 0.15) is 29.2 Å². The van der Waals surface area contributed by atoms with Gasteiger partial charge in [-0.2, -0.15) is 5.10 Å². The lowest BCUT2D eigenvalue weighted by Crippen LogP contribution is -2.31. The van der Waals surface area contributed by atoms with Gasteiger partial charge in [0.05, 0.1) is 11.8 Å². The smallest absolute Gasteiger partial charge is 0.187 e. The fraction of sp³-hybridized carbons (Fsp3) is 0.176. The van der Waals surface area contributed by atoms with Crippen molar-refractivity contribution in [1.29, 1.82) is 0 Å². The average Bonchev–Trinajstić information content (AvgIpc) is 2.94. The lowest BCUT2D eigenvalue weighted by Gasteiger charge is -2.22. The number of hydrogen-bond donors (Lipinski definition) is 1. The summed E-state index contributed by atoms with van der Waals surface area (Å²) in [6, 6.07) is 14.5. The Hall–Kier alpha value is -2.27. The molecule has 0 aromatic heterocycles. The molecule has 3 rings (SSSR count). The Bertz CT molecular complexity index is 723. The molecule has 1 aliphatic heterocycles. The number of aryl methyl sites for hydroxylation is 1. The van der Waals surface area contributed by atoms with Gasteiger partial charge in [-0.15, -0.1) is 0 Å². The molecule has 0 saturated carbocycles. The zero-order chi connectivity index (χ0) is 15.7. The molecule has 0 saturated heterocycles. The largest absolute Gasteiger partial charge is 0.375 e. The summed E-state index contributed by atoms with van der Waals surface area (Å²) in [5, 5.41) is 6.43. The fourth-order valence-corrected chi connectivity index (χ4v) is 2.75. The van der Waals surface area contributed by atoms with Crippen LogP contribution in [-0.4, -0.2) is 15.8 Å². The van der Waals surface area contributed by atoms with Crippen LogP contribution in [0.3, 0.4) is 0 Å². The second-order valence-corrected chi connectivity index (χ2v) is 5.79. The minimum Gasteiger partial charge on any atom is -0.375 e. The van der Waals surface area contributed by atoms with Crippen LogP contribution in [0.15, 0.2) is 53.6 Å². The maximum Gasteiger partial charge on any atom is 0.187 e. The molecule has 0 aliphatic carbocycles. The Labute approximate surface area is 134 Å². The average molecular weight is 313 g/mol. The van der Waals surface area contributed by atoms with E-state index in [1.807, 2.05) is 6.92 Å². The van der Waals surface area contributed by atoms with Crippen LogP contribution in [0.25, 0.3) is 0 Å². The van der Waals surface area contributed by atoms with Gasteiger partial charge in [-0.25, -0.2) is 9.40 Å². The van der Waals surface area contributed by atoms with Crippen LogP contribution in [0.4, 0.5) is 4.39 Å². The number of hydrogen-bond acceptors (Lipinski definition) is 2. The predicted octanol–water partition coefficient (Wildman–Crippen LogP) is 3.53. The van der Waals surface area contributed by atoms with Gasteiger partial charge in [0.15, 0.2) is 5.11 Å². The van der Waals surface area contributed by atoms with Crippen molar-refractivity contribution in [3.63, 3.8) is 0 Å². The molecule has 2 aromatic rings. The van der Waals surface area contributed by atoms with Crippen LogP contribution in [0.5, 0.6) is 0 Å². The predicted molar refractivity (Wildman–Crippen MR) is 90.1 cm³/mol. The summed E-state index contributed by atoms with van der Waals surface area (Å²) in [6.07, 6.45) is 0.687. The van der Waals surface area contributed by atoms with Gasteiger partial charge in [-0.3, -0.25) is 0 Å². The molecule has 1 aliphatic rings. The van der Waals surface area contributed by atoms with Crippen molar-refractivity contribution in [3.05, 3.63) is 71.0 Å². The van der Waals surface area contributed by atoms with Crippen molar-refractivity contribution in [2.24, 2.45) is 10.8 Å². The molecule has 0 bridgehead atoms. The summed E-state index contributed by atoms with van der Waals surface area (Å²) < 4.78 is 13.1. The van der Waals surface area contributed by atoms with E-state index in [0.29, 0.717) is 6.42 Å². The second kappa shape index (κ2) is 5.85. The molecule has 3 nitrogen and oxygen atoms in total. The normalized spacial score (nSPS) is 17.5. The molecule has 0 amide bonds. The first kappa shape index (κ1) is 14.7. The van der Waals surface area contributed by atoms with E-state index in [9.17, 15) is 4.39 Å². The molecule has 0 radical (unpaired) electrons. The topological polar surface area (TPSA) is 41.6 Å². The van der Waals surface area contributed by atoms with E-state index in [1.165, 1.54) is 17.7 Å². The highest BCUT2D eigenvalue weighted by atomic mass is 32.1. The third-order valence-electron chi connectivity index (χ3n) is 3.78. The van der Waals surface area contributed by atoms with E-state index in [4.69, 9.17) is 18.0 Å². The number of rotatable bonds is 2. The Morgan fingerprint density at radius 1 is 1.18 bits per heavy atom. The second-order valence-electron chi connectivity index (χ2n) is 5.37. The first-order valence-corrected chi connectivity index (χ1v) is 7.44. The van der Waals surface area contributed by atoms with Crippen molar-refractivity contribution in [2.75, 3.05) is 0 Å². The number of thiocarbonyl (C=S) groups is 1. The molecule has 0 spiro atoms. The molecule has 112 valence electrons. The highest BCUT2D eigenvalue weighted by molar-refractivity contribution is 7.80. The standard InChI is InChI=1S/C17H16FN3S/c1-11-2-4-13(5-3-11)16-10-15(20-21(16)17(19)22)12-6-8-14(18)9-7-12/h2-9,16H,10H2,1H3,(H2,19,22)/t16-/m0/s1. The number of nitrogens with zero attached hydrogens (tertiary/aromatic N) is 2. The minimum absolute atomic E-state index is 0.0156. The van der Waals surface area contributed by atoms with Gasteiger partial charge < -0.3 is 5.73 Å². The van der Waals surface area contributed by atoms with Crippen molar-refractivity contribution in [2.45, 2.75) is 19.4 Å². The molecule has 1 atom stereocenters. The third kappa shape index (κ3) is 2.85. The van der Waals surface area contributed by atoms with Crippen LogP contribution in [0, 0.1) is 12.7 Å². The highest BCUT2D eigenvalue weighted by Gasteiger charge is 2.30. The monoisotopic (exact) mass is 313 g/mol. The van der Waals surface area contributed by atoms with E-state index in [0.717, 1.165) is 16.8 Å². The SMILES string of the molecule is Cc1ccc([C@@H]2CC(c3ccc(F)cc3)=NN2C(N)=S)cc1. The summed E-state index contributed by atoms with van der Waals surface area (Å²) >= 11 is 5.12. The molecule has 2 aromatic carbocycles. The molecule has 22 heavy (non-hydrogen) atoms. The fourth-order valence-electron chi connectivity index (χ4n) is 2.58. The maximum absolute atomic E-state index is 13.1. The molecular weight excluding hydrogens is 297 g/mol. The quantitative estimate of drug-likeness (QED) is 0.862. The van der Waals surface area contributed by atoms with E-state index in [-0.39, 0.29) is 17.0 Å². The Morgan fingerprint density at radius 2 is 1.82 bits per heavy atom. The van der Waals surface area contributed by atoms with E-state index >= 15 is 0 Å².